The molecule has 1 heterocycles. The van der Waals surface area contributed by atoms with Gasteiger partial charge in [-0.1, -0.05) is 27.2 Å². The molecule has 1 aliphatic heterocycles. The molecule has 1 N–H and O–H groups in total. The Morgan fingerprint density at radius 2 is 1.94 bits per heavy atom. The summed E-state index contributed by atoms with van der Waals surface area (Å²) in [7, 11) is 0. The second-order valence-electron chi connectivity index (χ2n) is 7.38. The van der Waals surface area contributed by atoms with Crippen molar-refractivity contribution in [3.8, 4) is 0 Å². The predicted octanol–water partition coefficient (Wildman–Crippen LogP) is 3.63. The smallest absolute Gasteiger partial charge is 0.0581 e. The van der Waals surface area contributed by atoms with E-state index in [0.717, 1.165) is 13.0 Å². The Bertz CT molecular complexity index is 287. The number of hydrogen-bond acceptors (Lipinski definition) is 2. The van der Waals surface area contributed by atoms with Crippen LogP contribution >= 0.6 is 0 Å². The molecule has 2 nitrogen and oxygen atoms in total. The van der Waals surface area contributed by atoms with E-state index in [1.165, 1.54) is 25.7 Å². The normalized spacial score (nSPS) is 44.2. The maximum atomic E-state index is 9.46. The molecule has 1 aliphatic carbocycles. The van der Waals surface area contributed by atoms with Gasteiger partial charge >= 0.3 is 0 Å². The van der Waals surface area contributed by atoms with Crippen LogP contribution in [0.5, 0.6) is 0 Å². The van der Waals surface area contributed by atoms with E-state index in [1.54, 1.807) is 0 Å². The van der Waals surface area contributed by atoms with Gasteiger partial charge in [-0.05, 0) is 55.3 Å². The van der Waals surface area contributed by atoms with Crippen molar-refractivity contribution in [2.24, 2.45) is 22.7 Å². The molecule has 1 saturated carbocycles. The summed E-state index contributed by atoms with van der Waals surface area (Å²) in [6.07, 6.45) is 6.48. The quantitative estimate of drug-likeness (QED) is 0.833. The minimum Gasteiger partial charge on any atom is -0.396 e. The summed E-state index contributed by atoms with van der Waals surface area (Å²) >= 11 is 0. The monoisotopic (exact) mass is 254 g/mol. The zero-order chi connectivity index (χ0) is 13.4. The molecule has 2 rings (SSSR count). The van der Waals surface area contributed by atoms with Crippen LogP contribution in [0.15, 0.2) is 0 Å². The van der Waals surface area contributed by atoms with E-state index in [9.17, 15) is 5.11 Å². The lowest BCUT2D eigenvalue weighted by Gasteiger charge is -2.54. The van der Waals surface area contributed by atoms with Crippen molar-refractivity contribution in [1.82, 2.24) is 0 Å². The highest BCUT2D eigenvalue weighted by Gasteiger charge is 2.52. The van der Waals surface area contributed by atoms with E-state index in [1.807, 2.05) is 0 Å². The number of aliphatic hydroxyl groups is 1. The molecular weight excluding hydrogens is 224 g/mol. The van der Waals surface area contributed by atoms with Gasteiger partial charge in [0.1, 0.15) is 0 Å². The molecule has 2 fully saturated rings. The molecule has 18 heavy (non-hydrogen) atoms. The minimum absolute atomic E-state index is 0.325. The fourth-order valence-corrected chi connectivity index (χ4v) is 5.06. The van der Waals surface area contributed by atoms with Crippen molar-refractivity contribution < 1.29 is 9.84 Å². The van der Waals surface area contributed by atoms with Gasteiger partial charge in [0, 0.05) is 13.2 Å². The van der Waals surface area contributed by atoms with Crippen LogP contribution in [0.25, 0.3) is 0 Å². The first kappa shape index (κ1) is 14.3. The molecule has 2 heteroatoms. The number of hydrogen-bond donors (Lipinski definition) is 1. The van der Waals surface area contributed by atoms with Gasteiger partial charge in [-0.3, -0.25) is 0 Å². The third kappa shape index (κ3) is 2.34. The summed E-state index contributed by atoms with van der Waals surface area (Å²) in [5.74, 6) is 1.30. The topological polar surface area (TPSA) is 29.5 Å². The number of aliphatic hydroxyl groups excluding tert-OH is 1. The van der Waals surface area contributed by atoms with Gasteiger partial charge in [-0.2, -0.15) is 0 Å². The van der Waals surface area contributed by atoms with Crippen molar-refractivity contribution in [3.63, 3.8) is 0 Å². The fraction of sp³-hybridized carbons (Fsp3) is 1.00. The lowest BCUT2D eigenvalue weighted by atomic mass is 9.51. The molecule has 4 atom stereocenters. The summed E-state index contributed by atoms with van der Waals surface area (Å²) in [6, 6.07) is 0. The molecule has 0 aromatic carbocycles. The summed E-state index contributed by atoms with van der Waals surface area (Å²) in [5, 5.41) is 9.46. The molecular formula is C16H30O2. The highest BCUT2D eigenvalue weighted by atomic mass is 16.5. The largest absolute Gasteiger partial charge is 0.396 e. The Morgan fingerprint density at radius 1 is 1.22 bits per heavy atom. The zero-order valence-electron chi connectivity index (χ0n) is 12.5. The average Bonchev–Trinajstić information content (AvgIpc) is 2.70. The summed E-state index contributed by atoms with van der Waals surface area (Å²) < 4.78 is 5.82. The first-order valence-electron chi connectivity index (χ1n) is 7.64. The van der Waals surface area contributed by atoms with Gasteiger partial charge in [0.15, 0.2) is 0 Å². The van der Waals surface area contributed by atoms with Crippen LogP contribution in [0.3, 0.4) is 0 Å². The highest BCUT2D eigenvalue weighted by Crippen LogP contribution is 2.58. The Kier molecular flexibility index (Phi) is 4.08. The van der Waals surface area contributed by atoms with Gasteiger partial charge in [0.2, 0.25) is 0 Å². The summed E-state index contributed by atoms with van der Waals surface area (Å²) in [4.78, 5) is 0. The Hall–Kier alpha value is -0.0800. The van der Waals surface area contributed by atoms with E-state index < -0.39 is 0 Å². The molecule has 0 aromatic rings. The molecule has 0 amide bonds. The van der Waals surface area contributed by atoms with Crippen LogP contribution in [-0.4, -0.2) is 24.4 Å². The second kappa shape index (κ2) is 5.13. The molecule has 0 unspecified atom stereocenters. The summed E-state index contributed by atoms with van der Waals surface area (Å²) in [5.41, 5.74) is 0.707. The fourth-order valence-electron chi connectivity index (χ4n) is 5.06. The third-order valence-electron chi connectivity index (χ3n) is 5.92. The zero-order valence-corrected chi connectivity index (χ0v) is 12.5. The standard InChI is InChI=1S/C16H30O2/c1-12-13(7-11-18-12)16(4)9-5-8-15(2,3)14(16)6-10-17/h12-14,17H,5-11H2,1-4H3/t12-,13+,14-,16+/m0/s1. The van der Waals surface area contributed by atoms with E-state index in [2.05, 4.69) is 27.7 Å². The van der Waals surface area contributed by atoms with Crippen molar-refractivity contribution >= 4 is 0 Å². The molecule has 0 aromatic heterocycles. The van der Waals surface area contributed by atoms with Gasteiger partial charge in [0.05, 0.1) is 6.10 Å². The van der Waals surface area contributed by atoms with Gasteiger partial charge in [-0.15, -0.1) is 0 Å². The first-order valence-corrected chi connectivity index (χ1v) is 7.64. The van der Waals surface area contributed by atoms with Crippen LogP contribution < -0.4 is 0 Å². The number of ether oxygens (including phenoxy) is 1. The number of rotatable bonds is 3. The maximum absolute atomic E-state index is 9.46. The van der Waals surface area contributed by atoms with Crippen LogP contribution in [0.4, 0.5) is 0 Å². The van der Waals surface area contributed by atoms with Gasteiger partial charge in [0.25, 0.3) is 0 Å². The van der Waals surface area contributed by atoms with E-state index in [4.69, 9.17) is 4.74 Å². The molecule has 2 aliphatic rings. The summed E-state index contributed by atoms with van der Waals surface area (Å²) in [6.45, 7) is 10.7. The molecule has 0 bridgehead atoms. The van der Waals surface area contributed by atoms with Crippen molar-refractivity contribution in [2.45, 2.75) is 65.9 Å². The van der Waals surface area contributed by atoms with Crippen LogP contribution in [0.2, 0.25) is 0 Å². The average molecular weight is 254 g/mol. The van der Waals surface area contributed by atoms with Crippen LogP contribution in [0, 0.1) is 22.7 Å². The van der Waals surface area contributed by atoms with E-state index in [-0.39, 0.29) is 0 Å². The van der Waals surface area contributed by atoms with Gasteiger partial charge in [-0.25, -0.2) is 0 Å². The Labute approximate surface area is 112 Å². The molecule has 1 saturated heterocycles. The van der Waals surface area contributed by atoms with Crippen LogP contribution in [-0.2, 0) is 4.74 Å². The lowest BCUT2D eigenvalue weighted by Crippen LogP contribution is -2.48. The van der Waals surface area contributed by atoms with Gasteiger partial charge < -0.3 is 9.84 Å². The van der Waals surface area contributed by atoms with Crippen molar-refractivity contribution in [1.29, 1.82) is 0 Å². The second-order valence-corrected chi connectivity index (χ2v) is 7.38. The van der Waals surface area contributed by atoms with Crippen molar-refractivity contribution in [3.05, 3.63) is 0 Å². The minimum atomic E-state index is 0.325. The maximum Gasteiger partial charge on any atom is 0.0581 e. The Balaban J connectivity index is 2.26. The first-order chi connectivity index (χ1) is 8.42. The molecule has 0 radical (unpaired) electrons. The third-order valence-corrected chi connectivity index (χ3v) is 5.92. The van der Waals surface area contributed by atoms with E-state index in [0.29, 0.717) is 35.4 Å². The SMILES string of the molecule is C[C@@H]1OCC[C@H]1[C@@]1(C)CCCC(C)(C)[C@@H]1CCO. The molecule has 106 valence electrons. The Morgan fingerprint density at radius 3 is 2.50 bits per heavy atom. The highest BCUT2D eigenvalue weighted by molar-refractivity contribution is 5.01. The van der Waals surface area contributed by atoms with Crippen molar-refractivity contribution in [2.75, 3.05) is 13.2 Å². The molecule has 0 spiro atoms. The predicted molar refractivity (Wildman–Crippen MR) is 74.5 cm³/mol. The lowest BCUT2D eigenvalue weighted by molar-refractivity contribution is -0.0697. The van der Waals surface area contributed by atoms with Crippen LogP contribution in [0.1, 0.15) is 59.8 Å². The van der Waals surface area contributed by atoms with E-state index >= 15 is 0 Å².